The van der Waals surface area contributed by atoms with Crippen molar-refractivity contribution in [3.8, 4) is 0 Å². The molecule has 0 rings (SSSR count). The summed E-state index contributed by atoms with van der Waals surface area (Å²) in [6, 6.07) is 0. The second kappa shape index (κ2) is 22.4. The van der Waals surface area contributed by atoms with Crippen molar-refractivity contribution < 1.29 is 70.7 Å². The van der Waals surface area contributed by atoms with Gasteiger partial charge in [-0.3, -0.25) is 8.42 Å². The fourth-order valence-electron chi connectivity index (χ4n) is 0. The first-order chi connectivity index (χ1) is 2.00. The minimum absolute atomic E-state index is 0. The molecule has 0 radical (unpaired) electrons. The van der Waals surface area contributed by atoms with Crippen LogP contribution >= 0.6 is 0 Å². The maximum atomic E-state index is 8.52. The molecule has 0 unspecified atom stereocenters. The predicted octanol–water partition coefficient (Wildman–Crippen LogP) is -5.46. The Morgan fingerprint density at radius 2 is 0.727 bits per heavy atom. The molecule has 0 fully saturated rings. The predicted molar refractivity (Wildman–Crippen MR) is 28.5 cm³/mol. The monoisotopic (exact) mass is 231 g/mol. The SMILES string of the molecule is O.O.O.O.O.O=S(=O)([O-])[O-].[Sc+3]. The molecule has 0 saturated heterocycles. The molecule has 10 N–H and O–H groups in total. The molecule has 0 atom stereocenters. The largest absolute Gasteiger partial charge is 3.00 e. The van der Waals surface area contributed by atoms with Gasteiger partial charge in [-0.15, -0.1) is 0 Å². The van der Waals surface area contributed by atoms with Crippen LogP contribution in [-0.2, 0) is 36.2 Å². The van der Waals surface area contributed by atoms with Crippen molar-refractivity contribution >= 4 is 10.4 Å². The average Bonchev–Trinajstić information content (AvgIpc) is 0.722. The summed E-state index contributed by atoms with van der Waals surface area (Å²) in [6.45, 7) is 0. The minimum atomic E-state index is -5.17. The topological polar surface area (TPSA) is 238 Å². The van der Waals surface area contributed by atoms with E-state index in [0.29, 0.717) is 0 Å². The van der Waals surface area contributed by atoms with Gasteiger partial charge in [-0.25, -0.2) is 0 Å². The van der Waals surface area contributed by atoms with Gasteiger partial charge >= 0.3 is 25.8 Å². The molecule has 0 saturated carbocycles. The first kappa shape index (κ1) is 62.2. The van der Waals surface area contributed by atoms with Crippen molar-refractivity contribution in [2.24, 2.45) is 0 Å². The van der Waals surface area contributed by atoms with Crippen molar-refractivity contribution in [1.82, 2.24) is 0 Å². The Morgan fingerprint density at radius 3 is 0.727 bits per heavy atom. The van der Waals surface area contributed by atoms with E-state index in [-0.39, 0.29) is 53.2 Å². The molecule has 0 aromatic rings. The zero-order valence-corrected chi connectivity index (χ0v) is 7.74. The third-order valence-electron chi connectivity index (χ3n) is 0. The standard InChI is InChI=1S/H2O4S.5H2O.Sc/c1-5(2,3)4;;;;;;/h(H2,1,2,3,4);5*1H2;/q;;;;;;+3/p-2. The quantitative estimate of drug-likeness (QED) is 0.292. The van der Waals surface area contributed by atoms with Crippen molar-refractivity contribution in [3.63, 3.8) is 0 Å². The summed E-state index contributed by atoms with van der Waals surface area (Å²) in [4.78, 5) is 0. The Balaban J connectivity index is -0.00000000533. The Labute approximate surface area is 81.3 Å². The minimum Gasteiger partial charge on any atom is -0.759 e. The van der Waals surface area contributed by atoms with E-state index in [4.69, 9.17) is 17.5 Å². The van der Waals surface area contributed by atoms with E-state index in [2.05, 4.69) is 0 Å². The van der Waals surface area contributed by atoms with Crippen LogP contribution in [0.1, 0.15) is 0 Å². The Morgan fingerprint density at radius 1 is 0.727 bits per heavy atom. The van der Waals surface area contributed by atoms with Gasteiger partial charge in [0.1, 0.15) is 0 Å². The molecule has 0 aromatic carbocycles. The average molecular weight is 231 g/mol. The number of hydrogen-bond acceptors (Lipinski definition) is 4. The fourth-order valence-corrected chi connectivity index (χ4v) is 0. The molecule has 11 heteroatoms. The maximum absolute atomic E-state index is 8.52. The van der Waals surface area contributed by atoms with E-state index in [0.717, 1.165) is 0 Å². The molecule has 0 aliphatic rings. The van der Waals surface area contributed by atoms with Gasteiger partial charge in [0.2, 0.25) is 0 Å². The molecule has 9 nitrogen and oxygen atoms in total. The molecule has 0 bridgehead atoms. The number of hydrogen-bond donors (Lipinski definition) is 0. The summed E-state index contributed by atoms with van der Waals surface area (Å²) in [5.41, 5.74) is 0. The van der Waals surface area contributed by atoms with Crippen LogP contribution < -0.4 is 0 Å². The third kappa shape index (κ3) is 2630. The molecule has 0 amide bonds. The van der Waals surface area contributed by atoms with Crippen LogP contribution in [0.3, 0.4) is 0 Å². The van der Waals surface area contributed by atoms with Crippen LogP contribution in [0.15, 0.2) is 0 Å². The first-order valence-corrected chi connectivity index (χ1v) is 2.00. The van der Waals surface area contributed by atoms with Gasteiger partial charge in [-0.05, 0) is 0 Å². The van der Waals surface area contributed by atoms with Crippen molar-refractivity contribution in [2.45, 2.75) is 0 Å². The second-order valence-corrected chi connectivity index (χ2v) is 1.22. The van der Waals surface area contributed by atoms with E-state index >= 15 is 0 Å². The third-order valence-corrected chi connectivity index (χ3v) is 0. The van der Waals surface area contributed by atoms with Gasteiger partial charge in [0.15, 0.2) is 0 Å². The number of rotatable bonds is 0. The van der Waals surface area contributed by atoms with Crippen LogP contribution in [0, 0.1) is 0 Å². The van der Waals surface area contributed by atoms with E-state index in [1.807, 2.05) is 0 Å². The van der Waals surface area contributed by atoms with Gasteiger partial charge in [0.05, 0.1) is 0 Å². The van der Waals surface area contributed by atoms with Gasteiger partial charge in [-0.2, -0.15) is 0 Å². The summed E-state index contributed by atoms with van der Waals surface area (Å²) in [6.07, 6.45) is 0. The zero-order chi connectivity index (χ0) is 4.50. The summed E-state index contributed by atoms with van der Waals surface area (Å²) >= 11 is 0. The van der Waals surface area contributed by atoms with Crippen LogP contribution in [0.2, 0.25) is 0 Å². The molecular formula is H10O9SSc+. The van der Waals surface area contributed by atoms with Gasteiger partial charge in [0, 0.05) is 10.4 Å². The van der Waals surface area contributed by atoms with Crippen LogP contribution in [0.25, 0.3) is 0 Å². The zero-order valence-electron chi connectivity index (χ0n) is 5.12. The molecule has 0 aliphatic heterocycles. The second-order valence-electron chi connectivity index (χ2n) is 0.408. The normalized spacial score (nSPS) is 5.27. The Kier molecular flexibility index (Phi) is 127. The van der Waals surface area contributed by atoms with Crippen LogP contribution in [0.5, 0.6) is 0 Å². The molecule has 0 heterocycles. The fraction of sp³-hybridized carbons (Fsp3) is 0. The molecule has 72 valence electrons. The van der Waals surface area contributed by atoms with Crippen molar-refractivity contribution in [1.29, 1.82) is 0 Å². The van der Waals surface area contributed by atoms with Crippen LogP contribution in [-0.4, -0.2) is 44.9 Å². The van der Waals surface area contributed by atoms with E-state index in [9.17, 15) is 0 Å². The van der Waals surface area contributed by atoms with E-state index < -0.39 is 10.4 Å². The van der Waals surface area contributed by atoms with Gasteiger partial charge < -0.3 is 36.5 Å². The van der Waals surface area contributed by atoms with Gasteiger partial charge in [0.25, 0.3) is 0 Å². The summed E-state index contributed by atoms with van der Waals surface area (Å²) < 4.78 is 34.1. The van der Waals surface area contributed by atoms with Gasteiger partial charge in [-0.1, -0.05) is 0 Å². The smallest absolute Gasteiger partial charge is 0.759 e. The first-order valence-electron chi connectivity index (χ1n) is 0.667. The van der Waals surface area contributed by atoms with Crippen LogP contribution in [0.4, 0.5) is 0 Å². The molecule has 11 heavy (non-hydrogen) atoms. The molecule has 0 aliphatic carbocycles. The van der Waals surface area contributed by atoms with E-state index in [1.165, 1.54) is 0 Å². The van der Waals surface area contributed by atoms with E-state index in [1.54, 1.807) is 0 Å². The van der Waals surface area contributed by atoms with Crippen molar-refractivity contribution in [3.05, 3.63) is 0 Å². The molecule has 0 aromatic heterocycles. The molecular weight excluding hydrogens is 221 g/mol. The summed E-state index contributed by atoms with van der Waals surface area (Å²) in [5, 5.41) is 0. The Hall–Kier alpha value is 0.540. The Bertz CT molecular complexity index is 92.7. The summed E-state index contributed by atoms with van der Waals surface area (Å²) in [7, 11) is -5.17. The summed E-state index contributed by atoms with van der Waals surface area (Å²) in [5.74, 6) is 0. The van der Waals surface area contributed by atoms with Crippen molar-refractivity contribution in [2.75, 3.05) is 0 Å². The maximum Gasteiger partial charge on any atom is 3.00 e. The molecule has 0 spiro atoms.